The van der Waals surface area contributed by atoms with Crippen molar-refractivity contribution >= 4 is 11.5 Å². The maximum Gasteiger partial charge on any atom is 0.176 e. The molecule has 26 heavy (non-hydrogen) atoms. The van der Waals surface area contributed by atoms with E-state index in [1.165, 1.54) is 5.69 Å². The normalized spacial score (nSPS) is 14.9. The minimum absolute atomic E-state index is 0.155. The molecule has 138 valence electrons. The number of Topliss-reactive ketones (excluding diaryl/α,β-unsaturated/α-hetero) is 1. The highest BCUT2D eigenvalue weighted by Crippen LogP contribution is 2.22. The minimum atomic E-state index is 0.155. The van der Waals surface area contributed by atoms with Gasteiger partial charge in [0.15, 0.2) is 5.78 Å². The third kappa shape index (κ3) is 4.55. The quantitative estimate of drug-likeness (QED) is 0.715. The Morgan fingerprint density at radius 3 is 2.38 bits per heavy atom. The van der Waals surface area contributed by atoms with E-state index < -0.39 is 0 Å². The first-order valence-corrected chi connectivity index (χ1v) is 9.07. The number of methoxy groups -OCH3 is 1. The van der Waals surface area contributed by atoms with Crippen molar-refractivity contribution in [3.8, 4) is 11.5 Å². The van der Waals surface area contributed by atoms with E-state index in [4.69, 9.17) is 9.47 Å². The SMILES string of the molecule is CCOc1ccc(C(=O)CN2CCN(c3cccc(OC)c3)CC2)cc1. The zero-order valence-electron chi connectivity index (χ0n) is 15.5. The van der Waals surface area contributed by atoms with E-state index in [1.807, 2.05) is 43.3 Å². The number of ketones is 1. The standard InChI is InChI=1S/C21H26N2O3/c1-3-26-19-9-7-17(8-10-19)21(24)16-22-11-13-23(14-12-22)18-5-4-6-20(15-18)25-2/h4-10,15H,3,11-14,16H2,1-2H3. The van der Waals surface area contributed by atoms with Gasteiger partial charge in [-0.25, -0.2) is 0 Å². The summed E-state index contributed by atoms with van der Waals surface area (Å²) < 4.78 is 10.7. The Labute approximate surface area is 155 Å². The van der Waals surface area contributed by atoms with Crippen LogP contribution in [0.4, 0.5) is 5.69 Å². The second-order valence-electron chi connectivity index (χ2n) is 6.35. The average Bonchev–Trinajstić information content (AvgIpc) is 2.69. The van der Waals surface area contributed by atoms with Crippen LogP contribution >= 0.6 is 0 Å². The Hall–Kier alpha value is -2.53. The van der Waals surface area contributed by atoms with Crippen molar-refractivity contribution in [3.63, 3.8) is 0 Å². The molecule has 0 atom stereocenters. The zero-order valence-corrected chi connectivity index (χ0v) is 15.5. The van der Waals surface area contributed by atoms with Gasteiger partial charge in [-0.05, 0) is 43.3 Å². The number of rotatable bonds is 7. The Morgan fingerprint density at radius 1 is 1.00 bits per heavy atom. The summed E-state index contributed by atoms with van der Waals surface area (Å²) in [5, 5.41) is 0. The van der Waals surface area contributed by atoms with Gasteiger partial charge in [-0.1, -0.05) is 6.07 Å². The molecule has 1 aliphatic rings. The first kappa shape index (κ1) is 18.3. The highest BCUT2D eigenvalue weighted by atomic mass is 16.5. The number of carbonyl (C=O) groups excluding carboxylic acids is 1. The number of anilines is 1. The zero-order chi connectivity index (χ0) is 18.4. The van der Waals surface area contributed by atoms with Gasteiger partial charge in [-0.3, -0.25) is 9.69 Å². The van der Waals surface area contributed by atoms with E-state index in [0.29, 0.717) is 13.2 Å². The smallest absolute Gasteiger partial charge is 0.176 e. The van der Waals surface area contributed by atoms with E-state index >= 15 is 0 Å². The van der Waals surface area contributed by atoms with Crippen molar-refractivity contribution in [2.24, 2.45) is 0 Å². The number of benzene rings is 2. The maximum absolute atomic E-state index is 12.5. The predicted molar refractivity (Wildman–Crippen MR) is 104 cm³/mol. The molecule has 0 N–H and O–H groups in total. The van der Waals surface area contributed by atoms with Crippen molar-refractivity contribution in [1.82, 2.24) is 4.90 Å². The van der Waals surface area contributed by atoms with Crippen LogP contribution in [-0.4, -0.2) is 57.1 Å². The molecule has 0 aliphatic carbocycles. The molecule has 2 aromatic rings. The van der Waals surface area contributed by atoms with Crippen molar-refractivity contribution in [2.45, 2.75) is 6.92 Å². The molecule has 0 amide bonds. The summed E-state index contributed by atoms with van der Waals surface area (Å²) in [4.78, 5) is 17.1. The number of ether oxygens (including phenoxy) is 2. The fourth-order valence-electron chi connectivity index (χ4n) is 3.17. The lowest BCUT2D eigenvalue weighted by atomic mass is 10.1. The third-order valence-corrected chi connectivity index (χ3v) is 4.65. The molecule has 0 unspecified atom stereocenters. The topological polar surface area (TPSA) is 42.0 Å². The van der Waals surface area contributed by atoms with Crippen LogP contribution in [0.2, 0.25) is 0 Å². The molecule has 2 aromatic carbocycles. The van der Waals surface area contributed by atoms with Gasteiger partial charge >= 0.3 is 0 Å². The lowest BCUT2D eigenvalue weighted by Crippen LogP contribution is -2.48. The molecule has 0 bridgehead atoms. The summed E-state index contributed by atoms with van der Waals surface area (Å²) in [5.74, 6) is 1.83. The Balaban J connectivity index is 1.52. The highest BCUT2D eigenvalue weighted by Gasteiger charge is 2.20. The third-order valence-electron chi connectivity index (χ3n) is 4.65. The molecule has 0 saturated carbocycles. The van der Waals surface area contributed by atoms with Gasteiger partial charge in [0.1, 0.15) is 11.5 Å². The molecule has 1 saturated heterocycles. The van der Waals surface area contributed by atoms with Crippen LogP contribution in [0.25, 0.3) is 0 Å². The van der Waals surface area contributed by atoms with Crippen LogP contribution in [0.5, 0.6) is 11.5 Å². The van der Waals surface area contributed by atoms with E-state index in [1.54, 1.807) is 7.11 Å². The number of nitrogens with zero attached hydrogens (tertiary/aromatic N) is 2. The van der Waals surface area contributed by atoms with Crippen molar-refractivity contribution in [3.05, 3.63) is 54.1 Å². The molecule has 0 radical (unpaired) electrons. The largest absolute Gasteiger partial charge is 0.497 e. The molecule has 3 rings (SSSR count). The Kier molecular flexibility index (Phi) is 6.12. The number of hydrogen-bond donors (Lipinski definition) is 0. The fraction of sp³-hybridized carbons (Fsp3) is 0.381. The fourth-order valence-corrected chi connectivity index (χ4v) is 3.17. The van der Waals surface area contributed by atoms with E-state index in [2.05, 4.69) is 21.9 Å². The van der Waals surface area contributed by atoms with Crippen LogP contribution in [-0.2, 0) is 0 Å². The van der Waals surface area contributed by atoms with Crippen LogP contribution < -0.4 is 14.4 Å². The molecule has 1 fully saturated rings. The molecule has 1 aliphatic heterocycles. The van der Waals surface area contributed by atoms with Gasteiger partial charge in [0, 0.05) is 43.5 Å². The van der Waals surface area contributed by atoms with Crippen molar-refractivity contribution in [1.29, 1.82) is 0 Å². The van der Waals surface area contributed by atoms with Crippen LogP contribution in [0.15, 0.2) is 48.5 Å². The van der Waals surface area contributed by atoms with E-state index in [9.17, 15) is 4.79 Å². The molecule has 0 aromatic heterocycles. The number of piperazine rings is 1. The van der Waals surface area contributed by atoms with E-state index in [0.717, 1.165) is 43.2 Å². The second-order valence-corrected chi connectivity index (χ2v) is 6.35. The van der Waals surface area contributed by atoms with Gasteiger partial charge < -0.3 is 14.4 Å². The van der Waals surface area contributed by atoms with Gasteiger partial charge in [-0.15, -0.1) is 0 Å². The summed E-state index contributed by atoms with van der Waals surface area (Å²) in [7, 11) is 1.68. The molecule has 0 spiro atoms. The van der Waals surface area contributed by atoms with E-state index in [-0.39, 0.29) is 5.78 Å². The highest BCUT2D eigenvalue weighted by molar-refractivity contribution is 5.97. The average molecular weight is 354 g/mol. The first-order valence-electron chi connectivity index (χ1n) is 9.07. The Morgan fingerprint density at radius 2 is 1.73 bits per heavy atom. The van der Waals surface area contributed by atoms with Crippen LogP contribution in [0.1, 0.15) is 17.3 Å². The summed E-state index contributed by atoms with van der Waals surface area (Å²) in [6.45, 7) is 6.60. The first-order chi connectivity index (χ1) is 12.7. The van der Waals surface area contributed by atoms with Gasteiger partial charge in [-0.2, -0.15) is 0 Å². The molecular formula is C21H26N2O3. The summed E-state index contributed by atoms with van der Waals surface area (Å²) in [5.41, 5.74) is 1.91. The lowest BCUT2D eigenvalue weighted by Gasteiger charge is -2.35. The van der Waals surface area contributed by atoms with Crippen LogP contribution in [0, 0.1) is 0 Å². The van der Waals surface area contributed by atoms with Crippen molar-refractivity contribution in [2.75, 3.05) is 51.3 Å². The molecular weight excluding hydrogens is 328 g/mol. The monoisotopic (exact) mass is 354 g/mol. The molecule has 5 nitrogen and oxygen atoms in total. The Bertz CT molecular complexity index is 722. The summed E-state index contributed by atoms with van der Waals surface area (Å²) >= 11 is 0. The predicted octanol–water partition coefficient (Wildman–Crippen LogP) is 3.10. The van der Waals surface area contributed by atoms with Crippen molar-refractivity contribution < 1.29 is 14.3 Å². The lowest BCUT2D eigenvalue weighted by molar-refractivity contribution is 0.0926. The van der Waals surface area contributed by atoms with Gasteiger partial charge in [0.25, 0.3) is 0 Å². The molecule has 5 heteroatoms. The summed E-state index contributed by atoms with van der Waals surface area (Å²) in [6, 6.07) is 15.5. The second kappa shape index (κ2) is 8.72. The molecule has 1 heterocycles. The summed E-state index contributed by atoms with van der Waals surface area (Å²) in [6.07, 6.45) is 0. The van der Waals surface area contributed by atoms with Crippen LogP contribution in [0.3, 0.4) is 0 Å². The minimum Gasteiger partial charge on any atom is -0.497 e. The number of carbonyl (C=O) groups is 1. The number of hydrogen-bond acceptors (Lipinski definition) is 5. The van der Waals surface area contributed by atoms with Gasteiger partial charge in [0.2, 0.25) is 0 Å². The maximum atomic E-state index is 12.5. The van der Waals surface area contributed by atoms with Gasteiger partial charge in [0.05, 0.1) is 20.3 Å².